The summed E-state index contributed by atoms with van der Waals surface area (Å²) in [7, 11) is 0. The van der Waals surface area contributed by atoms with Crippen LogP contribution in [0.15, 0.2) is 53.3 Å². The molecule has 0 saturated heterocycles. The van der Waals surface area contributed by atoms with Crippen LogP contribution in [0.3, 0.4) is 0 Å². The number of nitrogens with one attached hydrogen (secondary N) is 1. The van der Waals surface area contributed by atoms with Crippen LogP contribution < -0.4 is 9.88 Å². The first-order valence-corrected chi connectivity index (χ1v) is 8.46. The number of aromatic nitrogens is 1. The number of pyridine rings is 1. The summed E-state index contributed by atoms with van der Waals surface area (Å²) < 4.78 is 2.79. The molecule has 4 heteroatoms. The lowest BCUT2D eigenvalue weighted by atomic mass is 9.95. The van der Waals surface area contributed by atoms with Crippen molar-refractivity contribution in [3.05, 3.63) is 58.8 Å². The number of nitrogens with zero attached hydrogens (tertiary/aromatic N) is 1. The second-order valence-electron chi connectivity index (χ2n) is 5.35. The lowest BCUT2D eigenvalue weighted by Crippen LogP contribution is -2.39. The van der Waals surface area contributed by atoms with E-state index < -0.39 is 0 Å². The smallest absolute Gasteiger partial charge is 0.290 e. The Balaban J connectivity index is 1.99. The molecule has 1 heterocycles. The summed E-state index contributed by atoms with van der Waals surface area (Å²) in [5, 5.41) is 2.91. The summed E-state index contributed by atoms with van der Waals surface area (Å²) in [6, 6.07) is 11.8. The highest BCUT2D eigenvalue weighted by molar-refractivity contribution is 9.10. The van der Waals surface area contributed by atoms with E-state index in [0.29, 0.717) is 12.5 Å². The summed E-state index contributed by atoms with van der Waals surface area (Å²) >= 11 is 3.43. The molecule has 0 spiro atoms. The van der Waals surface area contributed by atoms with Gasteiger partial charge in [-0.3, -0.25) is 4.79 Å². The number of amides is 1. The Morgan fingerprint density at radius 1 is 1.14 bits per heavy atom. The summed E-state index contributed by atoms with van der Waals surface area (Å²) in [6.07, 6.45) is 6.24. The van der Waals surface area contributed by atoms with Crippen LogP contribution in [0.1, 0.15) is 38.2 Å². The molecular formula is C18H22BrN2O+. The maximum absolute atomic E-state index is 12.1. The first-order valence-electron chi connectivity index (χ1n) is 7.67. The molecule has 1 amide bonds. The zero-order chi connectivity index (χ0) is 15.9. The molecule has 1 aromatic carbocycles. The maximum atomic E-state index is 12.1. The van der Waals surface area contributed by atoms with Gasteiger partial charge in [-0.05, 0) is 52.4 Å². The van der Waals surface area contributed by atoms with E-state index in [9.17, 15) is 4.79 Å². The Morgan fingerprint density at radius 3 is 2.36 bits per heavy atom. The summed E-state index contributed by atoms with van der Waals surface area (Å²) in [6.45, 7) is 4.73. The fourth-order valence-corrected chi connectivity index (χ4v) is 2.91. The van der Waals surface area contributed by atoms with E-state index in [1.807, 2.05) is 41.2 Å². The Bertz CT molecular complexity index is 621. The Morgan fingerprint density at radius 2 is 1.77 bits per heavy atom. The minimum atomic E-state index is -0.0350. The van der Waals surface area contributed by atoms with Crippen LogP contribution in [-0.4, -0.2) is 5.91 Å². The van der Waals surface area contributed by atoms with Crippen molar-refractivity contribution in [1.29, 1.82) is 0 Å². The van der Waals surface area contributed by atoms with E-state index >= 15 is 0 Å². The second-order valence-corrected chi connectivity index (χ2v) is 6.20. The van der Waals surface area contributed by atoms with Crippen LogP contribution in [-0.2, 0) is 11.3 Å². The third kappa shape index (κ3) is 4.41. The monoisotopic (exact) mass is 361 g/mol. The zero-order valence-electron chi connectivity index (χ0n) is 13.1. The van der Waals surface area contributed by atoms with Gasteiger partial charge in [-0.1, -0.05) is 26.0 Å². The molecule has 0 saturated carbocycles. The van der Waals surface area contributed by atoms with Crippen LogP contribution in [0.4, 0.5) is 5.69 Å². The highest BCUT2D eigenvalue weighted by Crippen LogP contribution is 2.22. The predicted octanol–water partition coefficient (Wildman–Crippen LogP) is 4.28. The molecule has 1 N–H and O–H groups in total. The fraction of sp³-hybridized carbons (Fsp3) is 0.333. The lowest BCUT2D eigenvalue weighted by molar-refractivity contribution is -0.684. The van der Waals surface area contributed by atoms with Gasteiger partial charge >= 0.3 is 0 Å². The van der Waals surface area contributed by atoms with Crippen molar-refractivity contribution in [2.45, 2.75) is 39.2 Å². The van der Waals surface area contributed by atoms with Crippen LogP contribution >= 0.6 is 15.9 Å². The molecule has 0 aliphatic rings. The largest absolute Gasteiger partial charge is 0.320 e. The maximum Gasteiger partial charge on any atom is 0.290 e. The van der Waals surface area contributed by atoms with Gasteiger partial charge in [0, 0.05) is 16.6 Å². The van der Waals surface area contributed by atoms with Crippen molar-refractivity contribution in [2.75, 3.05) is 5.32 Å². The summed E-state index contributed by atoms with van der Waals surface area (Å²) in [5.41, 5.74) is 2.13. The molecule has 116 valence electrons. The minimum Gasteiger partial charge on any atom is -0.320 e. The molecule has 0 atom stereocenters. The number of carbonyl (C=O) groups excluding carboxylic acids is 1. The van der Waals surface area contributed by atoms with Crippen molar-refractivity contribution in [2.24, 2.45) is 0 Å². The van der Waals surface area contributed by atoms with Crippen molar-refractivity contribution in [1.82, 2.24) is 0 Å². The molecule has 0 unspecified atom stereocenters. The third-order valence-corrected chi connectivity index (χ3v) is 4.54. The molecular weight excluding hydrogens is 340 g/mol. The number of benzene rings is 1. The molecule has 0 aliphatic heterocycles. The highest BCUT2D eigenvalue weighted by atomic mass is 79.9. The van der Waals surface area contributed by atoms with Gasteiger partial charge in [0.05, 0.1) is 5.69 Å². The van der Waals surface area contributed by atoms with Crippen LogP contribution in [0.25, 0.3) is 0 Å². The number of hydrogen-bond acceptors (Lipinski definition) is 1. The summed E-state index contributed by atoms with van der Waals surface area (Å²) in [4.78, 5) is 12.1. The van der Waals surface area contributed by atoms with Gasteiger partial charge in [0.1, 0.15) is 0 Å². The average molecular weight is 362 g/mol. The molecule has 0 bridgehead atoms. The molecule has 2 rings (SSSR count). The van der Waals surface area contributed by atoms with Gasteiger partial charge in [-0.2, -0.15) is 4.57 Å². The number of anilines is 1. The number of rotatable bonds is 6. The normalized spacial score (nSPS) is 10.7. The van der Waals surface area contributed by atoms with Gasteiger partial charge in [0.15, 0.2) is 12.4 Å². The highest BCUT2D eigenvalue weighted by Gasteiger charge is 2.13. The van der Waals surface area contributed by atoms with Crippen molar-refractivity contribution >= 4 is 27.5 Å². The van der Waals surface area contributed by atoms with E-state index in [2.05, 4.69) is 47.2 Å². The minimum absolute atomic E-state index is 0.0350. The van der Waals surface area contributed by atoms with Gasteiger partial charge < -0.3 is 5.32 Å². The molecule has 2 aromatic rings. The third-order valence-electron chi connectivity index (χ3n) is 3.85. The molecule has 0 radical (unpaired) electrons. The van der Waals surface area contributed by atoms with Crippen LogP contribution in [0.5, 0.6) is 0 Å². The van der Waals surface area contributed by atoms with Gasteiger partial charge in [0.25, 0.3) is 5.91 Å². The van der Waals surface area contributed by atoms with E-state index in [1.165, 1.54) is 5.56 Å². The van der Waals surface area contributed by atoms with Crippen molar-refractivity contribution < 1.29 is 9.36 Å². The van der Waals surface area contributed by atoms with Gasteiger partial charge in [-0.25, -0.2) is 0 Å². The molecule has 0 fully saturated rings. The number of carbonyl (C=O) groups is 1. The van der Waals surface area contributed by atoms with Crippen LogP contribution in [0.2, 0.25) is 0 Å². The molecule has 0 aliphatic carbocycles. The quantitative estimate of drug-likeness (QED) is 0.765. The second kappa shape index (κ2) is 8.08. The van der Waals surface area contributed by atoms with E-state index in [0.717, 1.165) is 23.0 Å². The van der Waals surface area contributed by atoms with E-state index in [4.69, 9.17) is 0 Å². The molecule has 1 aromatic heterocycles. The summed E-state index contributed by atoms with van der Waals surface area (Å²) in [5.74, 6) is 0.566. The van der Waals surface area contributed by atoms with Gasteiger partial charge in [-0.15, -0.1) is 0 Å². The first kappa shape index (κ1) is 16.7. The predicted molar refractivity (Wildman–Crippen MR) is 92.7 cm³/mol. The fourth-order valence-electron chi connectivity index (χ4n) is 2.52. The number of para-hydroxylation sites is 1. The lowest BCUT2D eigenvalue weighted by Gasteiger charge is -2.11. The average Bonchev–Trinajstić information content (AvgIpc) is 2.52. The molecule has 3 nitrogen and oxygen atoms in total. The Kier molecular flexibility index (Phi) is 6.13. The SMILES string of the molecule is CCC(CC)c1cc[n+](CC(=O)Nc2ccccc2Br)cc1. The Hall–Kier alpha value is -1.68. The van der Waals surface area contributed by atoms with E-state index in [1.54, 1.807) is 0 Å². The standard InChI is InChI=1S/C18H21BrN2O/c1-3-14(4-2)15-9-11-21(12-10-15)13-18(22)20-17-8-6-5-7-16(17)19/h5-12,14H,3-4,13H2,1-2H3/p+1. The topological polar surface area (TPSA) is 33.0 Å². The molecule has 22 heavy (non-hydrogen) atoms. The van der Waals surface area contributed by atoms with Crippen LogP contribution in [0, 0.1) is 0 Å². The first-order chi connectivity index (χ1) is 10.6. The zero-order valence-corrected chi connectivity index (χ0v) is 14.6. The number of hydrogen-bond donors (Lipinski definition) is 1. The number of halogens is 1. The Labute approximate surface area is 140 Å². The van der Waals surface area contributed by atoms with Gasteiger partial charge in [0.2, 0.25) is 6.54 Å². The van der Waals surface area contributed by atoms with Crippen molar-refractivity contribution in [3.63, 3.8) is 0 Å². The van der Waals surface area contributed by atoms with Crippen molar-refractivity contribution in [3.8, 4) is 0 Å². The van der Waals surface area contributed by atoms with E-state index in [-0.39, 0.29) is 5.91 Å².